The van der Waals surface area contributed by atoms with Crippen molar-refractivity contribution in [1.82, 2.24) is 14.7 Å². The summed E-state index contributed by atoms with van der Waals surface area (Å²) in [5.41, 5.74) is 2.48. The van der Waals surface area contributed by atoms with Crippen LogP contribution in [0.3, 0.4) is 0 Å². The third kappa shape index (κ3) is 1.64. The second-order valence-electron chi connectivity index (χ2n) is 4.46. The number of nitrogens with zero attached hydrogens (tertiary/aromatic N) is 4. The molecule has 0 fully saturated rings. The van der Waals surface area contributed by atoms with Crippen LogP contribution in [-0.2, 0) is 0 Å². The minimum Gasteiger partial charge on any atom is -0.276 e. The first-order chi connectivity index (χ1) is 7.02. The van der Waals surface area contributed by atoms with Gasteiger partial charge >= 0.3 is 0 Å². The Kier molecular flexibility index (Phi) is 2.09. The van der Waals surface area contributed by atoms with E-state index in [1.54, 1.807) is 6.07 Å². The molecule has 1 aromatic heterocycles. The van der Waals surface area contributed by atoms with Crippen LogP contribution >= 0.6 is 0 Å². The Morgan fingerprint density at radius 3 is 2.67 bits per heavy atom. The number of hydrogen-bond acceptors (Lipinski definition) is 2. The standard InChI is InChI=1S/C10H12N4Si/c1-11-8-5-6-9-10(7-8)14(13-12-9)15(2,3)4/h5-7H,2-4H3. The SMILES string of the molecule is [C-]#[N+]c1ccc2nnn([Si](C)(C)C)c2c1. The number of rotatable bonds is 1. The molecule has 2 aromatic rings. The molecule has 0 saturated heterocycles. The van der Waals surface area contributed by atoms with Crippen LogP contribution in [0.4, 0.5) is 5.69 Å². The van der Waals surface area contributed by atoms with E-state index in [0.29, 0.717) is 5.69 Å². The van der Waals surface area contributed by atoms with Gasteiger partial charge in [0.2, 0.25) is 0 Å². The predicted molar refractivity (Wildman–Crippen MR) is 62.5 cm³/mol. The van der Waals surface area contributed by atoms with Crippen molar-refractivity contribution in [2.45, 2.75) is 19.6 Å². The third-order valence-corrected chi connectivity index (χ3v) is 3.79. The van der Waals surface area contributed by atoms with Crippen molar-refractivity contribution in [3.05, 3.63) is 29.6 Å². The highest BCUT2D eigenvalue weighted by Gasteiger charge is 2.20. The van der Waals surface area contributed by atoms with E-state index >= 15 is 0 Å². The molecule has 0 unspecified atom stereocenters. The lowest BCUT2D eigenvalue weighted by Gasteiger charge is -2.16. The van der Waals surface area contributed by atoms with Crippen LogP contribution < -0.4 is 0 Å². The summed E-state index contributed by atoms with van der Waals surface area (Å²) in [6, 6.07) is 5.49. The Balaban J connectivity index is 2.73. The molecule has 0 aliphatic rings. The quantitative estimate of drug-likeness (QED) is 0.542. The lowest BCUT2D eigenvalue weighted by molar-refractivity contribution is 0.862. The van der Waals surface area contributed by atoms with E-state index in [9.17, 15) is 0 Å². The van der Waals surface area contributed by atoms with Crippen LogP contribution in [0, 0.1) is 6.57 Å². The highest BCUT2D eigenvalue weighted by Crippen LogP contribution is 2.21. The van der Waals surface area contributed by atoms with Crippen LogP contribution in [-0.4, -0.2) is 22.9 Å². The summed E-state index contributed by atoms with van der Waals surface area (Å²) in [5.74, 6) is 0. The van der Waals surface area contributed by atoms with E-state index in [4.69, 9.17) is 6.57 Å². The van der Waals surface area contributed by atoms with Crippen molar-refractivity contribution in [2.75, 3.05) is 0 Å². The molecule has 4 nitrogen and oxygen atoms in total. The van der Waals surface area contributed by atoms with Gasteiger partial charge in [-0.15, -0.1) is 5.10 Å². The first-order valence-electron chi connectivity index (χ1n) is 4.76. The number of fused-ring (bicyclic) bond motifs is 1. The van der Waals surface area contributed by atoms with Crippen molar-refractivity contribution in [1.29, 1.82) is 0 Å². The minimum absolute atomic E-state index is 0.643. The zero-order chi connectivity index (χ0) is 11.1. The van der Waals surface area contributed by atoms with Gasteiger partial charge < -0.3 is 0 Å². The maximum absolute atomic E-state index is 6.98. The molecule has 0 N–H and O–H groups in total. The Bertz CT molecular complexity index is 545. The summed E-state index contributed by atoms with van der Waals surface area (Å²) >= 11 is 0. The average Bonchev–Trinajstić information content (AvgIpc) is 2.59. The summed E-state index contributed by atoms with van der Waals surface area (Å²) in [4.78, 5) is 3.42. The summed E-state index contributed by atoms with van der Waals surface area (Å²) in [5, 5.41) is 8.27. The molecule has 0 aliphatic heterocycles. The van der Waals surface area contributed by atoms with Gasteiger partial charge in [-0.25, -0.2) is 4.85 Å². The van der Waals surface area contributed by atoms with Gasteiger partial charge in [-0.1, -0.05) is 11.3 Å². The zero-order valence-corrected chi connectivity index (χ0v) is 10.0. The monoisotopic (exact) mass is 216 g/mol. The fraction of sp³-hybridized carbons (Fsp3) is 0.300. The molecule has 2 rings (SSSR count). The second-order valence-corrected chi connectivity index (χ2v) is 9.22. The van der Waals surface area contributed by atoms with Crippen molar-refractivity contribution in [3.8, 4) is 0 Å². The zero-order valence-electron chi connectivity index (χ0n) is 9.02. The minimum atomic E-state index is -1.54. The van der Waals surface area contributed by atoms with E-state index < -0.39 is 8.24 Å². The lowest BCUT2D eigenvalue weighted by Crippen LogP contribution is -2.33. The molecular weight excluding hydrogens is 204 g/mol. The van der Waals surface area contributed by atoms with Crippen molar-refractivity contribution >= 4 is 25.0 Å². The smallest absolute Gasteiger partial charge is 0.189 e. The van der Waals surface area contributed by atoms with Gasteiger partial charge in [-0.3, -0.25) is 4.35 Å². The topological polar surface area (TPSA) is 35.1 Å². The van der Waals surface area contributed by atoms with E-state index in [-0.39, 0.29) is 0 Å². The fourth-order valence-electron chi connectivity index (χ4n) is 1.47. The Morgan fingerprint density at radius 1 is 1.33 bits per heavy atom. The number of hydrogen-bond donors (Lipinski definition) is 0. The van der Waals surface area contributed by atoms with Gasteiger partial charge in [-0.05, 0) is 31.8 Å². The molecule has 76 valence electrons. The second kappa shape index (κ2) is 3.17. The maximum atomic E-state index is 6.98. The van der Waals surface area contributed by atoms with Crippen LogP contribution in [0.5, 0.6) is 0 Å². The van der Waals surface area contributed by atoms with Crippen LogP contribution in [0.2, 0.25) is 19.6 Å². The van der Waals surface area contributed by atoms with E-state index in [1.807, 2.05) is 16.5 Å². The Hall–Kier alpha value is -1.67. The maximum Gasteiger partial charge on any atom is 0.189 e. The van der Waals surface area contributed by atoms with E-state index in [1.165, 1.54) is 0 Å². The molecule has 1 aromatic carbocycles. The molecule has 0 radical (unpaired) electrons. The molecular formula is C10H12N4Si. The largest absolute Gasteiger partial charge is 0.276 e. The molecule has 0 amide bonds. The van der Waals surface area contributed by atoms with Crippen molar-refractivity contribution < 1.29 is 0 Å². The molecule has 0 aliphatic carbocycles. The molecule has 5 heteroatoms. The lowest BCUT2D eigenvalue weighted by atomic mass is 10.3. The predicted octanol–water partition coefficient (Wildman–Crippen LogP) is 2.67. The normalized spacial score (nSPS) is 11.6. The van der Waals surface area contributed by atoms with Gasteiger partial charge in [0.15, 0.2) is 13.9 Å². The number of benzene rings is 1. The summed E-state index contributed by atoms with van der Waals surface area (Å²) < 4.78 is 1.98. The molecule has 0 spiro atoms. The molecule has 0 atom stereocenters. The molecule has 1 heterocycles. The Morgan fingerprint density at radius 2 is 2.07 bits per heavy atom. The fourth-order valence-corrected chi connectivity index (χ4v) is 2.69. The summed E-state index contributed by atoms with van der Waals surface area (Å²) in [6.07, 6.45) is 0. The third-order valence-electron chi connectivity index (χ3n) is 2.19. The number of aromatic nitrogens is 3. The molecule has 0 saturated carbocycles. The first kappa shape index (κ1) is 9.87. The first-order valence-corrected chi connectivity index (χ1v) is 8.20. The van der Waals surface area contributed by atoms with Gasteiger partial charge in [0, 0.05) is 0 Å². The van der Waals surface area contributed by atoms with Gasteiger partial charge in [0.05, 0.1) is 12.1 Å². The molecule has 15 heavy (non-hydrogen) atoms. The van der Waals surface area contributed by atoms with Gasteiger partial charge in [-0.2, -0.15) is 0 Å². The van der Waals surface area contributed by atoms with Crippen LogP contribution in [0.25, 0.3) is 15.9 Å². The van der Waals surface area contributed by atoms with Crippen LogP contribution in [0.15, 0.2) is 18.2 Å². The highest BCUT2D eigenvalue weighted by atomic mass is 28.3. The Labute approximate surface area is 89.4 Å². The average molecular weight is 216 g/mol. The van der Waals surface area contributed by atoms with Crippen LogP contribution in [0.1, 0.15) is 0 Å². The summed E-state index contributed by atoms with van der Waals surface area (Å²) in [6.45, 7) is 13.6. The summed E-state index contributed by atoms with van der Waals surface area (Å²) in [7, 11) is -1.54. The van der Waals surface area contributed by atoms with E-state index in [0.717, 1.165) is 11.0 Å². The van der Waals surface area contributed by atoms with Gasteiger partial charge in [0.1, 0.15) is 5.52 Å². The van der Waals surface area contributed by atoms with E-state index in [2.05, 4.69) is 34.8 Å². The van der Waals surface area contributed by atoms with Gasteiger partial charge in [0.25, 0.3) is 0 Å². The molecule has 0 bridgehead atoms. The van der Waals surface area contributed by atoms with Crippen molar-refractivity contribution in [3.63, 3.8) is 0 Å². The highest BCUT2D eigenvalue weighted by molar-refractivity contribution is 6.74. The van der Waals surface area contributed by atoms with Crippen molar-refractivity contribution in [2.24, 2.45) is 0 Å².